The highest BCUT2D eigenvalue weighted by Gasteiger charge is 2.23. The third kappa shape index (κ3) is 2.74. The topological polar surface area (TPSA) is 86.2 Å². The number of primary amides is 1. The van der Waals surface area contributed by atoms with Gasteiger partial charge >= 0.3 is 0 Å². The number of carbonyl (C=O) groups is 1. The summed E-state index contributed by atoms with van der Waals surface area (Å²) < 4.78 is 12.0. The third-order valence-corrected chi connectivity index (χ3v) is 4.26. The number of anilines is 1. The zero-order chi connectivity index (χ0) is 12.3. The minimum atomic E-state index is -1.53. The number of rotatable bonds is 4. The number of carbonyl (C=O) groups excluding carboxylic acids is 1. The van der Waals surface area contributed by atoms with Crippen molar-refractivity contribution < 1.29 is 9.00 Å². The first-order chi connectivity index (χ1) is 7.47. The van der Waals surface area contributed by atoms with E-state index in [-0.39, 0.29) is 0 Å². The molecule has 1 aromatic rings. The fourth-order valence-corrected chi connectivity index (χ4v) is 2.81. The summed E-state index contributed by atoms with van der Waals surface area (Å²) in [6.45, 7) is 1.75. The molecule has 0 aliphatic heterocycles. The second-order valence-electron chi connectivity index (χ2n) is 3.28. The van der Waals surface area contributed by atoms with Crippen molar-refractivity contribution in [1.29, 1.82) is 0 Å². The van der Waals surface area contributed by atoms with Gasteiger partial charge in [0.25, 0.3) is 0 Å². The Bertz CT molecular complexity index is 437. The molecule has 0 saturated carbocycles. The van der Waals surface area contributed by atoms with E-state index in [1.54, 1.807) is 19.1 Å². The number of nitrogen functional groups attached to an aromatic ring is 1. The molecule has 0 aliphatic rings. The molecule has 4 nitrogen and oxygen atoms in total. The molecule has 0 spiro atoms. The van der Waals surface area contributed by atoms with E-state index in [1.807, 2.05) is 0 Å². The summed E-state index contributed by atoms with van der Waals surface area (Å²) >= 11 is 5.73. The van der Waals surface area contributed by atoms with Crippen LogP contribution >= 0.6 is 11.6 Å². The first kappa shape index (κ1) is 13.0. The van der Waals surface area contributed by atoms with Crippen molar-refractivity contribution in [1.82, 2.24) is 0 Å². The van der Waals surface area contributed by atoms with Gasteiger partial charge in [-0.15, -0.1) is 0 Å². The van der Waals surface area contributed by atoms with Crippen LogP contribution in [0.3, 0.4) is 0 Å². The van der Waals surface area contributed by atoms with E-state index in [9.17, 15) is 9.00 Å². The minimum absolute atomic E-state index is 0.311. The quantitative estimate of drug-likeness (QED) is 0.800. The number of nitrogens with two attached hydrogens (primary N) is 2. The summed E-state index contributed by atoms with van der Waals surface area (Å²) in [7, 11) is -1.53. The average Bonchev–Trinajstić information content (AvgIpc) is 2.17. The molecular formula is C10H13ClN2O2S. The van der Waals surface area contributed by atoms with Gasteiger partial charge in [0.15, 0.2) is 0 Å². The van der Waals surface area contributed by atoms with Crippen molar-refractivity contribution in [2.24, 2.45) is 5.73 Å². The monoisotopic (exact) mass is 260 g/mol. The number of halogens is 1. The lowest BCUT2D eigenvalue weighted by Gasteiger charge is -2.12. The smallest absolute Gasteiger partial charge is 0.233 e. The van der Waals surface area contributed by atoms with Gasteiger partial charge in [-0.1, -0.05) is 18.5 Å². The fourth-order valence-electron chi connectivity index (χ4n) is 1.31. The molecule has 2 unspecified atom stereocenters. The molecule has 6 heteroatoms. The van der Waals surface area contributed by atoms with Gasteiger partial charge in [0.1, 0.15) is 5.25 Å². The lowest BCUT2D eigenvalue weighted by molar-refractivity contribution is -0.117. The summed E-state index contributed by atoms with van der Waals surface area (Å²) in [5, 5.41) is -0.256. The lowest BCUT2D eigenvalue weighted by Crippen LogP contribution is -2.32. The Morgan fingerprint density at radius 2 is 2.19 bits per heavy atom. The summed E-state index contributed by atoms with van der Waals surface area (Å²) in [4.78, 5) is 11.5. The molecule has 0 heterocycles. The summed E-state index contributed by atoms with van der Waals surface area (Å²) in [6.07, 6.45) is 0.407. The average molecular weight is 261 g/mol. The normalized spacial score (nSPS) is 14.4. The van der Waals surface area contributed by atoms with E-state index >= 15 is 0 Å². The van der Waals surface area contributed by atoms with Gasteiger partial charge in [-0.05, 0) is 24.6 Å². The van der Waals surface area contributed by atoms with Crippen molar-refractivity contribution in [2.45, 2.75) is 23.5 Å². The van der Waals surface area contributed by atoms with E-state index in [0.29, 0.717) is 22.0 Å². The van der Waals surface area contributed by atoms with Crippen LogP contribution in [0.15, 0.2) is 23.1 Å². The van der Waals surface area contributed by atoms with Gasteiger partial charge in [-0.25, -0.2) is 0 Å². The molecule has 0 aromatic heterocycles. The molecule has 88 valence electrons. The Kier molecular flexibility index (Phi) is 4.32. The van der Waals surface area contributed by atoms with Crippen molar-refractivity contribution in [2.75, 3.05) is 5.73 Å². The highest BCUT2D eigenvalue weighted by molar-refractivity contribution is 7.86. The highest BCUT2D eigenvalue weighted by atomic mass is 35.5. The molecule has 0 radical (unpaired) electrons. The Morgan fingerprint density at radius 3 is 2.62 bits per heavy atom. The summed E-state index contributed by atoms with van der Waals surface area (Å²) in [5.74, 6) is -0.588. The molecule has 1 aromatic carbocycles. The molecule has 4 N–H and O–H groups in total. The van der Waals surface area contributed by atoms with Crippen LogP contribution in [0.4, 0.5) is 5.69 Å². The predicted octanol–water partition coefficient (Wildman–Crippen LogP) is 1.29. The van der Waals surface area contributed by atoms with E-state index in [1.165, 1.54) is 6.07 Å². The maximum absolute atomic E-state index is 12.0. The fraction of sp³-hybridized carbons (Fsp3) is 0.300. The molecule has 1 rings (SSSR count). The summed E-state index contributed by atoms with van der Waals surface area (Å²) in [5.41, 5.74) is 11.2. The van der Waals surface area contributed by atoms with Crippen LogP contribution in [0.1, 0.15) is 13.3 Å². The summed E-state index contributed by atoms with van der Waals surface area (Å²) in [6, 6.07) is 4.64. The van der Waals surface area contributed by atoms with Crippen molar-refractivity contribution in [3.05, 3.63) is 23.2 Å². The van der Waals surface area contributed by atoms with Crippen LogP contribution in [0.2, 0.25) is 5.02 Å². The van der Waals surface area contributed by atoms with Crippen molar-refractivity contribution in [3.8, 4) is 0 Å². The van der Waals surface area contributed by atoms with Crippen LogP contribution < -0.4 is 11.5 Å². The van der Waals surface area contributed by atoms with Gasteiger partial charge < -0.3 is 11.5 Å². The van der Waals surface area contributed by atoms with E-state index in [4.69, 9.17) is 23.1 Å². The molecule has 0 aliphatic carbocycles. The zero-order valence-electron chi connectivity index (χ0n) is 8.77. The van der Waals surface area contributed by atoms with Gasteiger partial charge in [0.05, 0.1) is 15.7 Å². The Hall–Kier alpha value is -1.07. The molecular weight excluding hydrogens is 248 g/mol. The van der Waals surface area contributed by atoms with E-state index in [2.05, 4.69) is 0 Å². The second kappa shape index (κ2) is 5.32. The van der Waals surface area contributed by atoms with Gasteiger partial charge in [-0.2, -0.15) is 0 Å². The molecule has 16 heavy (non-hydrogen) atoms. The third-order valence-electron chi connectivity index (χ3n) is 2.14. The minimum Gasteiger partial charge on any atom is -0.398 e. The molecule has 0 bridgehead atoms. The maximum Gasteiger partial charge on any atom is 0.233 e. The molecule has 0 fully saturated rings. The first-order valence-corrected chi connectivity index (χ1v) is 6.31. The zero-order valence-corrected chi connectivity index (χ0v) is 10.3. The number of amides is 1. The second-order valence-corrected chi connectivity index (χ2v) is 5.32. The first-order valence-electron chi connectivity index (χ1n) is 4.72. The number of hydrogen-bond donors (Lipinski definition) is 2. The van der Waals surface area contributed by atoms with Crippen LogP contribution in [-0.2, 0) is 15.6 Å². The molecule has 1 amide bonds. The largest absolute Gasteiger partial charge is 0.398 e. The molecule has 2 atom stereocenters. The SMILES string of the molecule is CCC(C(N)=O)S(=O)c1ccc(Cl)cc1N. The van der Waals surface area contributed by atoms with Crippen molar-refractivity contribution >= 4 is 34.0 Å². The Morgan fingerprint density at radius 1 is 1.56 bits per heavy atom. The van der Waals surface area contributed by atoms with Crippen LogP contribution in [0, 0.1) is 0 Å². The number of benzene rings is 1. The molecule has 0 saturated heterocycles. The van der Waals surface area contributed by atoms with Gasteiger partial charge in [0.2, 0.25) is 5.91 Å². The predicted molar refractivity (Wildman–Crippen MR) is 65.5 cm³/mol. The van der Waals surface area contributed by atoms with Crippen LogP contribution in [-0.4, -0.2) is 15.4 Å². The van der Waals surface area contributed by atoms with Gasteiger partial charge in [0, 0.05) is 10.7 Å². The van der Waals surface area contributed by atoms with Crippen LogP contribution in [0.25, 0.3) is 0 Å². The maximum atomic E-state index is 12.0. The van der Waals surface area contributed by atoms with E-state index in [0.717, 1.165) is 0 Å². The van der Waals surface area contributed by atoms with Crippen molar-refractivity contribution in [3.63, 3.8) is 0 Å². The Labute approximate surface area is 101 Å². The number of hydrogen-bond acceptors (Lipinski definition) is 3. The Balaban J connectivity index is 3.09. The van der Waals surface area contributed by atoms with Gasteiger partial charge in [-0.3, -0.25) is 9.00 Å². The standard InChI is InChI=1S/C10H13ClN2O2S/c1-2-8(10(13)14)16(15)9-4-3-6(11)5-7(9)12/h3-5,8H,2,12H2,1H3,(H2,13,14). The van der Waals surface area contributed by atoms with Crippen LogP contribution in [0.5, 0.6) is 0 Å². The van der Waals surface area contributed by atoms with E-state index < -0.39 is 22.0 Å². The lowest BCUT2D eigenvalue weighted by atomic mass is 10.3. The highest BCUT2D eigenvalue weighted by Crippen LogP contribution is 2.23.